The first-order chi connectivity index (χ1) is 9.50. The Morgan fingerprint density at radius 1 is 1.48 bits per heavy atom. The molecule has 2 rings (SSSR count). The normalized spacial score (nSPS) is 18.7. The highest BCUT2D eigenvalue weighted by Gasteiger charge is 2.30. The molecule has 0 radical (unpaired) electrons. The summed E-state index contributed by atoms with van der Waals surface area (Å²) in [5, 5.41) is 6.34. The largest absolute Gasteiger partial charge is 0.355 e. The Kier molecular flexibility index (Phi) is 6.62. The van der Waals surface area contributed by atoms with Crippen LogP contribution in [0.3, 0.4) is 0 Å². The maximum absolute atomic E-state index is 13.3. The van der Waals surface area contributed by atoms with Gasteiger partial charge in [-0.1, -0.05) is 12.1 Å². The number of hydrogen-bond donors (Lipinski definition) is 2. The minimum atomic E-state index is -0.718. The quantitative estimate of drug-likeness (QED) is 0.897. The van der Waals surface area contributed by atoms with Crippen LogP contribution < -0.4 is 10.6 Å². The third kappa shape index (κ3) is 4.68. The van der Waals surface area contributed by atoms with Gasteiger partial charge in [0.2, 0.25) is 5.91 Å². The van der Waals surface area contributed by atoms with Crippen molar-refractivity contribution in [1.82, 2.24) is 10.6 Å². The SMILES string of the molecule is CC(C)(C(=O)NCC1CCCNC1)c1cccc(F)c1.Cl. The van der Waals surface area contributed by atoms with Gasteiger partial charge in [-0.15, -0.1) is 12.4 Å². The van der Waals surface area contributed by atoms with Crippen molar-refractivity contribution in [3.05, 3.63) is 35.6 Å². The first kappa shape index (κ1) is 17.9. The fourth-order valence-electron chi connectivity index (χ4n) is 2.56. The Morgan fingerprint density at radius 2 is 2.24 bits per heavy atom. The Balaban J connectivity index is 0.00000220. The van der Waals surface area contributed by atoms with Gasteiger partial charge in [0.25, 0.3) is 0 Å². The van der Waals surface area contributed by atoms with Crippen molar-refractivity contribution < 1.29 is 9.18 Å². The van der Waals surface area contributed by atoms with Crippen molar-refractivity contribution in [3.63, 3.8) is 0 Å². The molecule has 0 aromatic heterocycles. The van der Waals surface area contributed by atoms with Gasteiger partial charge in [0.1, 0.15) is 5.82 Å². The summed E-state index contributed by atoms with van der Waals surface area (Å²) in [6.07, 6.45) is 2.31. The average molecular weight is 315 g/mol. The van der Waals surface area contributed by atoms with Crippen LogP contribution >= 0.6 is 12.4 Å². The van der Waals surface area contributed by atoms with Crippen LogP contribution in [0.2, 0.25) is 0 Å². The lowest BCUT2D eigenvalue weighted by Crippen LogP contribution is -2.44. The maximum Gasteiger partial charge on any atom is 0.230 e. The Hall–Kier alpha value is -1.13. The van der Waals surface area contributed by atoms with E-state index in [4.69, 9.17) is 0 Å². The molecule has 0 spiro atoms. The highest BCUT2D eigenvalue weighted by Crippen LogP contribution is 2.24. The number of hydrogen-bond acceptors (Lipinski definition) is 2. The van der Waals surface area contributed by atoms with E-state index in [2.05, 4.69) is 10.6 Å². The number of piperidine rings is 1. The monoisotopic (exact) mass is 314 g/mol. The molecule has 2 N–H and O–H groups in total. The van der Waals surface area contributed by atoms with E-state index >= 15 is 0 Å². The molecule has 1 amide bonds. The summed E-state index contributed by atoms with van der Waals surface area (Å²) in [4.78, 5) is 12.4. The van der Waals surface area contributed by atoms with Gasteiger partial charge >= 0.3 is 0 Å². The minimum absolute atomic E-state index is 0. The molecule has 0 saturated carbocycles. The Morgan fingerprint density at radius 3 is 2.86 bits per heavy atom. The summed E-state index contributed by atoms with van der Waals surface area (Å²) >= 11 is 0. The molecule has 1 fully saturated rings. The molecule has 1 aromatic carbocycles. The number of amides is 1. The molecular formula is C16H24ClFN2O. The van der Waals surface area contributed by atoms with Crippen molar-refractivity contribution >= 4 is 18.3 Å². The molecule has 118 valence electrons. The van der Waals surface area contributed by atoms with Gasteiger partial charge in [-0.3, -0.25) is 4.79 Å². The number of nitrogens with one attached hydrogen (secondary N) is 2. The molecule has 1 aliphatic rings. The van der Waals surface area contributed by atoms with Crippen molar-refractivity contribution in [2.45, 2.75) is 32.1 Å². The summed E-state index contributed by atoms with van der Waals surface area (Å²) in [5.74, 6) is 0.143. The summed E-state index contributed by atoms with van der Waals surface area (Å²) in [6.45, 7) is 6.37. The van der Waals surface area contributed by atoms with Gasteiger partial charge in [0.05, 0.1) is 5.41 Å². The molecule has 1 atom stereocenters. The summed E-state index contributed by atoms with van der Waals surface area (Å²) in [5.41, 5.74) is -0.0127. The van der Waals surface area contributed by atoms with E-state index in [1.54, 1.807) is 12.1 Å². The van der Waals surface area contributed by atoms with E-state index in [1.807, 2.05) is 13.8 Å². The van der Waals surface area contributed by atoms with Crippen molar-refractivity contribution in [1.29, 1.82) is 0 Å². The molecule has 21 heavy (non-hydrogen) atoms. The Labute approximate surface area is 132 Å². The van der Waals surface area contributed by atoms with Crippen LogP contribution in [0.25, 0.3) is 0 Å². The van der Waals surface area contributed by atoms with Gasteiger partial charge in [0, 0.05) is 6.54 Å². The van der Waals surface area contributed by atoms with E-state index in [-0.39, 0.29) is 24.1 Å². The highest BCUT2D eigenvalue weighted by molar-refractivity contribution is 5.87. The van der Waals surface area contributed by atoms with E-state index < -0.39 is 5.41 Å². The fraction of sp³-hybridized carbons (Fsp3) is 0.562. The van der Waals surface area contributed by atoms with Gasteiger partial charge in [0.15, 0.2) is 0 Å². The van der Waals surface area contributed by atoms with Crippen LogP contribution in [0, 0.1) is 11.7 Å². The number of carbonyl (C=O) groups is 1. The van der Waals surface area contributed by atoms with Crippen LogP contribution in [0.5, 0.6) is 0 Å². The molecule has 1 saturated heterocycles. The predicted octanol–water partition coefficient (Wildman–Crippen LogP) is 2.64. The topological polar surface area (TPSA) is 41.1 Å². The van der Waals surface area contributed by atoms with E-state index in [0.717, 1.165) is 25.9 Å². The molecule has 1 aliphatic heterocycles. The van der Waals surface area contributed by atoms with Gasteiger partial charge in [-0.25, -0.2) is 4.39 Å². The zero-order chi connectivity index (χ0) is 14.6. The molecule has 1 unspecified atom stereocenters. The van der Waals surface area contributed by atoms with Crippen molar-refractivity contribution in [2.24, 2.45) is 5.92 Å². The molecule has 5 heteroatoms. The first-order valence-electron chi connectivity index (χ1n) is 7.25. The van der Waals surface area contributed by atoms with E-state index in [0.29, 0.717) is 18.0 Å². The van der Waals surface area contributed by atoms with Crippen molar-refractivity contribution in [3.8, 4) is 0 Å². The molecule has 1 aromatic rings. The molecule has 1 heterocycles. The third-order valence-corrected chi connectivity index (χ3v) is 4.06. The van der Waals surface area contributed by atoms with Gasteiger partial charge < -0.3 is 10.6 Å². The number of carbonyl (C=O) groups excluding carboxylic acids is 1. The van der Waals surface area contributed by atoms with E-state index in [9.17, 15) is 9.18 Å². The standard InChI is InChI=1S/C16H23FN2O.ClH/c1-16(2,13-6-3-7-14(17)9-13)15(20)19-11-12-5-4-8-18-10-12;/h3,6-7,9,12,18H,4-5,8,10-11H2,1-2H3,(H,19,20);1H. The smallest absolute Gasteiger partial charge is 0.230 e. The molecule has 0 bridgehead atoms. The summed E-state index contributed by atoms with van der Waals surface area (Å²) in [7, 11) is 0. The van der Waals surface area contributed by atoms with Crippen LogP contribution in [0.15, 0.2) is 24.3 Å². The molecule has 3 nitrogen and oxygen atoms in total. The van der Waals surface area contributed by atoms with Crippen LogP contribution in [-0.4, -0.2) is 25.5 Å². The highest BCUT2D eigenvalue weighted by atomic mass is 35.5. The minimum Gasteiger partial charge on any atom is -0.355 e. The third-order valence-electron chi connectivity index (χ3n) is 4.06. The fourth-order valence-corrected chi connectivity index (χ4v) is 2.56. The lowest BCUT2D eigenvalue weighted by atomic mass is 9.83. The average Bonchev–Trinajstić information content (AvgIpc) is 2.45. The molecular weight excluding hydrogens is 291 g/mol. The van der Waals surface area contributed by atoms with Crippen LogP contribution in [-0.2, 0) is 10.2 Å². The number of rotatable bonds is 4. The zero-order valence-electron chi connectivity index (χ0n) is 12.6. The maximum atomic E-state index is 13.3. The number of halogens is 2. The second kappa shape index (κ2) is 7.76. The molecule has 0 aliphatic carbocycles. The summed E-state index contributed by atoms with van der Waals surface area (Å²) in [6, 6.07) is 6.27. The van der Waals surface area contributed by atoms with Gasteiger partial charge in [-0.2, -0.15) is 0 Å². The summed E-state index contributed by atoms with van der Waals surface area (Å²) < 4.78 is 13.3. The number of benzene rings is 1. The van der Waals surface area contributed by atoms with E-state index in [1.165, 1.54) is 12.1 Å². The Bertz CT molecular complexity index is 473. The second-order valence-electron chi connectivity index (χ2n) is 6.06. The van der Waals surface area contributed by atoms with Gasteiger partial charge in [-0.05, 0) is 63.4 Å². The predicted molar refractivity (Wildman–Crippen MR) is 85.3 cm³/mol. The lowest BCUT2D eigenvalue weighted by Gasteiger charge is -2.27. The lowest BCUT2D eigenvalue weighted by molar-refractivity contribution is -0.125. The first-order valence-corrected chi connectivity index (χ1v) is 7.25. The zero-order valence-corrected chi connectivity index (χ0v) is 13.4. The van der Waals surface area contributed by atoms with Crippen LogP contribution in [0.4, 0.5) is 4.39 Å². The second-order valence-corrected chi connectivity index (χ2v) is 6.06. The van der Waals surface area contributed by atoms with Crippen LogP contribution in [0.1, 0.15) is 32.3 Å². The van der Waals surface area contributed by atoms with Crippen molar-refractivity contribution in [2.75, 3.05) is 19.6 Å².